The van der Waals surface area contributed by atoms with E-state index in [0.717, 1.165) is 23.1 Å². The summed E-state index contributed by atoms with van der Waals surface area (Å²) in [5.74, 6) is 1.37. The van der Waals surface area contributed by atoms with Gasteiger partial charge in [0.25, 0.3) is 0 Å². The molecule has 1 saturated carbocycles. The summed E-state index contributed by atoms with van der Waals surface area (Å²) in [6.45, 7) is 6.76. The van der Waals surface area contributed by atoms with Gasteiger partial charge in [-0.05, 0) is 60.8 Å². The van der Waals surface area contributed by atoms with Gasteiger partial charge in [0, 0.05) is 35.6 Å². The Balaban J connectivity index is 1.53. The highest BCUT2D eigenvalue weighted by Gasteiger charge is 2.52. The summed E-state index contributed by atoms with van der Waals surface area (Å²) < 4.78 is 5.37. The maximum atomic E-state index is 13.2. The number of rotatable bonds is 5. The summed E-state index contributed by atoms with van der Waals surface area (Å²) in [4.78, 5) is 18.7. The molecule has 2 bridgehead atoms. The van der Waals surface area contributed by atoms with Crippen LogP contribution in [0, 0.1) is 5.41 Å². The predicted molar refractivity (Wildman–Crippen MR) is 105 cm³/mol. The van der Waals surface area contributed by atoms with Crippen LogP contribution in [-0.2, 0) is 4.79 Å². The van der Waals surface area contributed by atoms with E-state index in [-0.39, 0.29) is 5.92 Å². The smallest absolute Gasteiger partial charge is 0.223 e. The number of nitrogens with zero attached hydrogens (tertiary/aromatic N) is 1. The summed E-state index contributed by atoms with van der Waals surface area (Å²) >= 11 is 0. The van der Waals surface area contributed by atoms with Gasteiger partial charge >= 0.3 is 0 Å². The van der Waals surface area contributed by atoms with Crippen LogP contribution < -0.4 is 4.74 Å². The van der Waals surface area contributed by atoms with Gasteiger partial charge in [-0.2, -0.15) is 0 Å². The summed E-state index contributed by atoms with van der Waals surface area (Å²) in [6.07, 6.45) is 7.24. The molecule has 1 amide bonds. The Bertz CT molecular complexity index is 819. The maximum absolute atomic E-state index is 13.2. The van der Waals surface area contributed by atoms with Crippen molar-refractivity contribution in [3.05, 3.63) is 30.0 Å². The molecule has 0 radical (unpaired) electrons. The van der Waals surface area contributed by atoms with Crippen molar-refractivity contribution in [1.82, 2.24) is 9.88 Å². The first-order valence-corrected chi connectivity index (χ1v) is 9.90. The lowest BCUT2D eigenvalue weighted by Gasteiger charge is -2.60. The molecule has 2 aromatic rings. The van der Waals surface area contributed by atoms with Crippen LogP contribution in [0.3, 0.4) is 0 Å². The number of hydrogen-bond acceptors (Lipinski definition) is 2. The van der Waals surface area contributed by atoms with Crippen molar-refractivity contribution in [3.8, 4) is 5.75 Å². The number of fused-ring (bicyclic) bond motifs is 3. The molecule has 26 heavy (non-hydrogen) atoms. The van der Waals surface area contributed by atoms with E-state index >= 15 is 0 Å². The molecule has 5 rings (SSSR count). The number of aromatic amines is 1. The van der Waals surface area contributed by atoms with Crippen molar-refractivity contribution < 1.29 is 9.53 Å². The minimum absolute atomic E-state index is 0.189. The van der Waals surface area contributed by atoms with E-state index in [4.69, 9.17) is 4.74 Å². The summed E-state index contributed by atoms with van der Waals surface area (Å²) in [5.41, 5.74) is 2.79. The number of ether oxygens (including phenoxy) is 1. The van der Waals surface area contributed by atoms with Gasteiger partial charge in [0.1, 0.15) is 5.75 Å². The Morgan fingerprint density at radius 2 is 2.15 bits per heavy atom. The van der Waals surface area contributed by atoms with Gasteiger partial charge in [0.15, 0.2) is 0 Å². The van der Waals surface area contributed by atoms with Gasteiger partial charge in [-0.1, -0.05) is 20.8 Å². The number of aromatic nitrogens is 1. The van der Waals surface area contributed by atoms with E-state index < -0.39 is 0 Å². The van der Waals surface area contributed by atoms with Crippen molar-refractivity contribution in [2.75, 3.05) is 7.11 Å². The third-order valence-electron chi connectivity index (χ3n) is 6.66. The summed E-state index contributed by atoms with van der Waals surface area (Å²) in [5, 5.41) is 1.16. The van der Waals surface area contributed by atoms with Gasteiger partial charge in [0.2, 0.25) is 5.91 Å². The molecule has 2 saturated heterocycles. The lowest BCUT2D eigenvalue weighted by atomic mass is 9.59. The first-order chi connectivity index (χ1) is 12.4. The fourth-order valence-electron chi connectivity index (χ4n) is 5.29. The first-order valence-electron chi connectivity index (χ1n) is 9.90. The van der Waals surface area contributed by atoms with Crippen LogP contribution >= 0.6 is 0 Å². The van der Waals surface area contributed by atoms with E-state index in [1.54, 1.807) is 7.11 Å². The highest BCUT2D eigenvalue weighted by Crippen LogP contribution is 2.53. The fraction of sp³-hybridized carbons (Fsp3) is 0.591. The monoisotopic (exact) mass is 354 g/mol. The molecule has 1 N–H and O–H groups in total. The van der Waals surface area contributed by atoms with Crippen LogP contribution in [0.4, 0.5) is 0 Å². The number of H-pyrrole nitrogens is 1. The number of benzene rings is 1. The molecule has 2 aliphatic heterocycles. The van der Waals surface area contributed by atoms with E-state index in [0.29, 0.717) is 29.8 Å². The quantitative estimate of drug-likeness (QED) is 0.834. The largest absolute Gasteiger partial charge is 0.497 e. The number of methoxy groups -OCH3 is 1. The molecule has 2 unspecified atom stereocenters. The molecule has 1 aliphatic carbocycles. The lowest BCUT2D eigenvalue weighted by molar-refractivity contribution is -0.155. The normalized spacial score (nSPS) is 28.7. The van der Waals surface area contributed by atoms with Crippen LogP contribution in [0.15, 0.2) is 24.4 Å². The topological polar surface area (TPSA) is 45.3 Å². The second-order valence-corrected chi connectivity index (χ2v) is 8.70. The van der Waals surface area contributed by atoms with Crippen LogP contribution in [0.25, 0.3) is 10.9 Å². The summed E-state index contributed by atoms with van der Waals surface area (Å²) in [7, 11) is 1.69. The van der Waals surface area contributed by atoms with Crippen LogP contribution in [0.2, 0.25) is 0 Å². The Morgan fingerprint density at radius 3 is 2.85 bits per heavy atom. The van der Waals surface area contributed by atoms with Crippen LogP contribution in [0.5, 0.6) is 5.75 Å². The third kappa shape index (κ3) is 2.80. The Kier molecular flexibility index (Phi) is 4.25. The second-order valence-electron chi connectivity index (χ2n) is 8.70. The Hall–Kier alpha value is -1.97. The number of amides is 1. The van der Waals surface area contributed by atoms with Crippen molar-refractivity contribution in [1.29, 1.82) is 0 Å². The number of hydrogen-bond donors (Lipinski definition) is 1. The maximum Gasteiger partial charge on any atom is 0.223 e. The zero-order valence-electron chi connectivity index (χ0n) is 16.3. The standard InChI is InChI=1S/C22H30N2O2/c1-5-15-10-22(3)11-16(12-22)24(15)21(25)8-14(2)19-13-23-20-7-6-17(26-4)9-18(19)20/h6-7,9,13-16,23H,5,8,10-12H2,1-4H3. The van der Waals surface area contributed by atoms with Crippen LogP contribution in [0.1, 0.15) is 64.4 Å². The molecule has 3 heterocycles. The van der Waals surface area contributed by atoms with Gasteiger partial charge in [-0.25, -0.2) is 0 Å². The zero-order chi connectivity index (χ0) is 18.5. The average Bonchev–Trinajstić information content (AvgIpc) is 3.03. The van der Waals surface area contributed by atoms with Gasteiger partial charge in [-0.15, -0.1) is 0 Å². The highest BCUT2D eigenvalue weighted by molar-refractivity contribution is 5.86. The zero-order valence-corrected chi connectivity index (χ0v) is 16.3. The van der Waals surface area contributed by atoms with Crippen molar-refractivity contribution in [2.45, 2.75) is 70.9 Å². The van der Waals surface area contributed by atoms with Crippen LogP contribution in [-0.4, -0.2) is 35.0 Å². The fourth-order valence-corrected chi connectivity index (χ4v) is 5.29. The molecule has 3 fully saturated rings. The van der Waals surface area contributed by atoms with Crippen molar-refractivity contribution in [2.24, 2.45) is 5.41 Å². The van der Waals surface area contributed by atoms with Crippen molar-refractivity contribution >= 4 is 16.8 Å². The van der Waals surface area contributed by atoms with Gasteiger partial charge in [-0.3, -0.25) is 4.79 Å². The minimum Gasteiger partial charge on any atom is -0.497 e. The molecule has 2 atom stereocenters. The second kappa shape index (κ2) is 6.33. The molecule has 3 aliphatic rings. The molecule has 1 aromatic carbocycles. The minimum atomic E-state index is 0.189. The SMILES string of the molecule is CCC1CC2(C)CC(C2)N1C(=O)CC(C)c1c[nH]c2ccc(OC)cc12. The van der Waals surface area contributed by atoms with E-state index in [1.165, 1.54) is 24.8 Å². The lowest BCUT2D eigenvalue weighted by Crippen LogP contribution is -2.62. The highest BCUT2D eigenvalue weighted by atomic mass is 16.5. The molecule has 1 aromatic heterocycles. The molecular weight excluding hydrogens is 324 g/mol. The van der Waals surface area contributed by atoms with Crippen molar-refractivity contribution in [3.63, 3.8) is 0 Å². The van der Waals surface area contributed by atoms with E-state index in [9.17, 15) is 4.79 Å². The van der Waals surface area contributed by atoms with E-state index in [2.05, 4.69) is 42.9 Å². The number of nitrogens with one attached hydrogen (secondary N) is 1. The number of piperidine rings is 2. The molecule has 0 spiro atoms. The molecule has 4 nitrogen and oxygen atoms in total. The number of carbonyl (C=O) groups is 1. The summed E-state index contributed by atoms with van der Waals surface area (Å²) in [6, 6.07) is 6.97. The molecule has 140 valence electrons. The molecular formula is C22H30N2O2. The third-order valence-corrected chi connectivity index (χ3v) is 6.66. The Morgan fingerprint density at radius 1 is 1.38 bits per heavy atom. The first kappa shape index (κ1) is 17.4. The van der Waals surface area contributed by atoms with Gasteiger partial charge < -0.3 is 14.6 Å². The van der Waals surface area contributed by atoms with E-state index in [1.807, 2.05) is 12.1 Å². The average molecular weight is 354 g/mol. The number of carbonyl (C=O) groups excluding carboxylic acids is 1. The van der Waals surface area contributed by atoms with Gasteiger partial charge in [0.05, 0.1) is 7.11 Å². The predicted octanol–water partition coefficient (Wildman–Crippen LogP) is 4.85. The Labute approximate surface area is 155 Å². The molecule has 4 heteroatoms.